The first-order valence-electron chi connectivity index (χ1n) is 9.64. The van der Waals surface area contributed by atoms with Crippen molar-refractivity contribution in [3.63, 3.8) is 0 Å². The molecule has 4 heteroatoms. The summed E-state index contributed by atoms with van der Waals surface area (Å²) in [5.41, 5.74) is 5.18. The van der Waals surface area contributed by atoms with Gasteiger partial charge < -0.3 is 14.4 Å². The van der Waals surface area contributed by atoms with Gasteiger partial charge in [0.05, 0.1) is 11.4 Å². The third kappa shape index (κ3) is 2.64. The van der Waals surface area contributed by atoms with Crippen LogP contribution >= 0.6 is 0 Å². The minimum absolute atomic E-state index is 0.0856. The van der Waals surface area contributed by atoms with Crippen LogP contribution in [0.5, 0.6) is 0 Å². The molecule has 5 rings (SSSR count). The van der Waals surface area contributed by atoms with Crippen LogP contribution in [0, 0.1) is 6.92 Å². The maximum Gasteiger partial charge on any atom is 0.258 e. The topological polar surface area (TPSA) is 28.5 Å². The van der Waals surface area contributed by atoms with E-state index in [1.54, 1.807) is 0 Å². The fourth-order valence-corrected chi connectivity index (χ4v) is 4.45. The number of fused-ring (bicyclic) bond motifs is 3. The summed E-state index contributed by atoms with van der Waals surface area (Å²) < 4.78 is 2.06. The Morgan fingerprint density at radius 3 is 2.56 bits per heavy atom. The highest BCUT2D eigenvalue weighted by atomic mass is 16.2. The number of benzene rings is 2. The first-order valence-corrected chi connectivity index (χ1v) is 9.64. The SMILES string of the molecule is Cc1ccc(C(=O)N2CC3CCCN3c3ccccc32)cc1-n1cccc1. The highest BCUT2D eigenvalue weighted by Crippen LogP contribution is 2.39. The number of para-hydroxylation sites is 2. The number of aromatic nitrogens is 1. The first kappa shape index (κ1) is 16.2. The number of rotatable bonds is 2. The number of hydrogen-bond acceptors (Lipinski definition) is 2. The lowest BCUT2D eigenvalue weighted by molar-refractivity contribution is 0.0984. The van der Waals surface area contributed by atoms with E-state index in [9.17, 15) is 4.79 Å². The van der Waals surface area contributed by atoms with Crippen LogP contribution in [0.4, 0.5) is 11.4 Å². The smallest absolute Gasteiger partial charge is 0.258 e. The standard InChI is InChI=1S/C23H23N3O/c1-17-10-11-18(15-22(17)24-12-4-5-13-24)23(27)26-16-19-7-6-14-25(19)20-8-2-3-9-21(20)26/h2-5,8-13,15,19H,6-7,14,16H2,1H3. The minimum Gasteiger partial charge on any atom is -0.365 e. The Labute approximate surface area is 159 Å². The molecule has 0 N–H and O–H groups in total. The maximum absolute atomic E-state index is 13.5. The van der Waals surface area contributed by atoms with Crippen molar-refractivity contribution in [1.29, 1.82) is 0 Å². The van der Waals surface area contributed by atoms with Crippen molar-refractivity contribution < 1.29 is 4.79 Å². The van der Waals surface area contributed by atoms with Crippen LogP contribution < -0.4 is 9.80 Å². The molecule has 3 aromatic rings. The van der Waals surface area contributed by atoms with Crippen molar-refractivity contribution in [3.8, 4) is 5.69 Å². The van der Waals surface area contributed by atoms with Gasteiger partial charge in [0, 0.05) is 42.8 Å². The molecule has 2 aromatic carbocycles. The van der Waals surface area contributed by atoms with E-state index >= 15 is 0 Å². The van der Waals surface area contributed by atoms with Crippen molar-refractivity contribution in [2.75, 3.05) is 22.9 Å². The Morgan fingerprint density at radius 2 is 1.74 bits per heavy atom. The molecule has 0 radical (unpaired) electrons. The van der Waals surface area contributed by atoms with E-state index in [-0.39, 0.29) is 5.91 Å². The fourth-order valence-electron chi connectivity index (χ4n) is 4.45. The number of carbonyl (C=O) groups excluding carboxylic acids is 1. The second-order valence-corrected chi connectivity index (χ2v) is 7.49. The second kappa shape index (κ2) is 6.31. The zero-order valence-corrected chi connectivity index (χ0v) is 15.5. The molecule has 1 atom stereocenters. The van der Waals surface area contributed by atoms with E-state index in [2.05, 4.69) is 34.6 Å². The highest BCUT2D eigenvalue weighted by molar-refractivity contribution is 6.09. The van der Waals surface area contributed by atoms with Crippen LogP contribution in [-0.4, -0.2) is 29.6 Å². The lowest BCUT2D eigenvalue weighted by atomic mass is 10.0. The lowest BCUT2D eigenvalue weighted by Gasteiger charge is -2.40. The molecule has 1 amide bonds. The molecule has 2 aliphatic rings. The lowest BCUT2D eigenvalue weighted by Crippen LogP contribution is -2.48. The van der Waals surface area contributed by atoms with Gasteiger partial charge in [-0.2, -0.15) is 0 Å². The molecule has 0 spiro atoms. The van der Waals surface area contributed by atoms with Gasteiger partial charge in [-0.3, -0.25) is 4.79 Å². The Balaban J connectivity index is 1.55. The van der Waals surface area contributed by atoms with Crippen LogP contribution in [0.15, 0.2) is 67.0 Å². The quantitative estimate of drug-likeness (QED) is 0.679. The number of aryl methyl sites for hydroxylation is 1. The van der Waals surface area contributed by atoms with Crippen LogP contribution in [0.2, 0.25) is 0 Å². The third-order valence-corrected chi connectivity index (χ3v) is 5.84. The van der Waals surface area contributed by atoms with Gasteiger partial charge in [0.15, 0.2) is 0 Å². The van der Waals surface area contributed by atoms with Crippen molar-refractivity contribution in [1.82, 2.24) is 4.57 Å². The van der Waals surface area contributed by atoms with E-state index in [4.69, 9.17) is 0 Å². The van der Waals surface area contributed by atoms with Crippen LogP contribution in [0.3, 0.4) is 0 Å². The van der Waals surface area contributed by atoms with Gasteiger partial charge in [0.1, 0.15) is 0 Å². The van der Waals surface area contributed by atoms with E-state index < -0.39 is 0 Å². The molecular weight excluding hydrogens is 334 g/mol. The molecule has 3 heterocycles. The van der Waals surface area contributed by atoms with Gasteiger partial charge in [-0.15, -0.1) is 0 Å². The van der Waals surface area contributed by atoms with Crippen LogP contribution in [0.1, 0.15) is 28.8 Å². The molecule has 27 heavy (non-hydrogen) atoms. The number of amides is 1. The van der Waals surface area contributed by atoms with Crippen LogP contribution in [0.25, 0.3) is 5.69 Å². The summed E-state index contributed by atoms with van der Waals surface area (Å²) in [4.78, 5) is 17.9. The van der Waals surface area contributed by atoms with E-state index in [0.29, 0.717) is 6.04 Å². The van der Waals surface area contributed by atoms with Gasteiger partial charge >= 0.3 is 0 Å². The van der Waals surface area contributed by atoms with Crippen molar-refractivity contribution in [2.45, 2.75) is 25.8 Å². The second-order valence-electron chi connectivity index (χ2n) is 7.49. The van der Waals surface area contributed by atoms with Crippen molar-refractivity contribution in [3.05, 3.63) is 78.1 Å². The molecule has 136 valence electrons. The molecule has 1 aromatic heterocycles. The van der Waals surface area contributed by atoms with Crippen LogP contribution in [-0.2, 0) is 0 Å². The predicted molar refractivity (Wildman–Crippen MR) is 109 cm³/mol. The van der Waals surface area contributed by atoms with Gasteiger partial charge in [-0.05, 0) is 61.7 Å². The zero-order valence-electron chi connectivity index (χ0n) is 15.5. The molecule has 0 saturated carbocycles. The van der Waals surface area contributed by atoms with Gasteiger partial charge in [0.2, 0.25) is 0 Å². The summed E-state index contributed by atoms with van der Waals surface area (Å²) in [5.74, 6) is 0.0856. The Hall–Kier alpha value is -3.01. The van der Waals surface area contributed by atoms with Gasteiger partial charge in [-0.25, -0.2) is 0 Å². The summed E-state index contributed by atoms with van der Waals surface area (Å²) in [6.45, 7) is 3.94. The van der Waals surface area contributed by atoms with E-state index in [1.165, 1.54) is 12.1 Å². The monoisotopic (exact) mass is 357 g/mol. The summed E-state index contributed by atoms with van der Waals surface area (Å²) >= 11 is 0. The Morgan fingerprint density at radius 1 is 0.963 bits per heavy atom. The molecule has 1 fully saturated rings. The number of hydrogen-bond donors (Lipinski definition) is 0. The summed E-state index contributed by atoms with van der Waals surface area (Å²) in [7, 11) is 0. The van der Waals surface area contributed by atoms with Gasteiger partial charge in [0.25, 0.3) is 5.91 Å². The molecule has 2 aliphatic heterocycles. The average Bonchev–Trinajstić information content (AvgIpc) is 3.39. The average molecular weight is 357 g/mol. The molecule has 1 saturated heterocycles. The molecule has 0 aliphatic carbocycles. The summed E-state index contributed by atoms with van der Waals surface area (Å²) in [6.07, 6.45) is 6.39. The zero-order chi connectivity index (χ0) is 18.4. The normalized spacial score (nSPS) is 18.3. The largest absolute Gasteiger partial charge is 0.365 e. The number of carbonyl (C=O) groups is 1. The summed E-state index contributed by atoms with van der Waals surface area (Å²) in [5, 5.41) is 0. The molecule has 0 bridgehead atoms. The van der Waals surface area contributed by atoms with Crippen molar-refractivity contribution >= 4 is 17.3 Å². The first-order chi connectivity index (χ1) is 13.2. The Kier molecular flexibility index (Phi) is 3.78. The fraction of sp³-hybridized carbons (Fsp3) is 0.261. The number of nitrogens with zero attached hydrogens (tertiary/aromatic N) is 3. The minimum atomic E-state index is 0.0856. The molecular formula is C23H23N3O. The maximum atomic E-state index is 13.5. The molecule has 1 unspecified atom stereocenters. The third-order valence-electron chi connectivity index (χ3n) is 5.84. The van der Waals surface area contributed by atoms with Gasteiger partial charge in [-0.1, -0.05) is 18.2 Å². The Bertz CT molecular complexity index is 993. The van der Waals surface area contributed by atoms with Crippen molar-refractivity contribution in [2.24, 2.45) is 0 Å². The predicted octanol–water partition coefficient (Wildman–Crippen LogP) is 4.41. The summed E-state index contributed by atoms with van der Waals surface area (Å²) in [6, 6.07) is 18.8. The van der Waals surface area contributed by atoms with E-state index in [1.807, 2.05) is 53.7 Å². The van der Waals surface area contributed by atoms with E-state index in [0.717, 1.165) is 42.0 Å². The molecule has 4 nitrogen and oxygen atoms in total. The number of anilines is 2. The highest BCUT2D eigenvalue weighted by Gasteiger charge is 2.36.